The van der Waals surface area contributed by atoms with E-state index < -0.39 is 0 Å². The van der Waals surface area contributed by atoms with Gasteiger partial charge in [0.05, 0.1) is 6.21 Å². The summed E-state index contributed by atoms with van der Waals surface area (Å²) < 4.78 is 0. The van der Waals surface area contributed by atoms with Gasteiger partial charge in [-0.1, -0.05) is 48.5 Å². The van der Waals surface area contributed by atoms with Gasteiger partial charge in [0.25, 0.3) is 5.91 Å². The number of nitrogens with one attached hydrogen (secondary N) is 2. The van der Waals surface area contributed by atoms with E-state index in [1.54, 1.807) is 11.6 Å². The van der Waals surface area contributed by atoms with Crippen LogP contribution in [-0.2, 0) is 0 Å². The summed E-state index contributed by atoms with van der Waals surface area (Å²) in [6.45, 7) is 0. The van der Waals surface area contributed by atoms with E-state index in [4.69, 9.17) is 0 Å². The average molecular weight is 322 g/mol. The lowest BCUT2D eigenvalue weighted by molar-refractivity contribution is 0.0951. The van der Waals surface area contributed by atoms with Crippen LogP contribution in [0.5, 0.6) is 0 Å². The zero-order valence-corrected chi connectivity index (χ0v) is 13.0. The molecule has 0 unspecified atom stereocenters. The fraction of sp³-hybridized carbons (Fsp3) is 0. The van der Waals surface area contributed by atoms with Gasteiger partial charge in [0, 0.05) is 11.1 Å². The van der Waals surface area contributed by atoms with Gasteiger partial charge in [-0.15, -0.1) is 11.3 Å². The lowest BCUT2D eigenvalue weighted by Crippen LogP contribution is -2.17. The van der Waals surface area contributed by atoms with E-state index in [2.05, 4.69) is 20.8 Å². The molecule has 1 heterocycles. The van der Waals surface area contributed by atoms with Crippen LogP contribution in [0.15, 0.2) is 71.1 Å². The van der Waals surface area contributed by atoms with Gasteiger partial charge in [-0.25, -0.2) is 10.4 Å². The zero-order chi connectivity index (χ0) is 15.9. The molecule has 0 aliphatic heterocycles. The summed E-state index contributed by atoms with van der Waals surface area (Å²) in [5.41, 5.74) is 4.64. The summed E-state index contributed by atoms with van der Waals surface area (Å²) in [4.78, 5) is 16.2. The molecule has 3 rings (SSSR count). The van der Waals surface area contributed by atoms with Gasteiger partial charge in [-0.2, -0.15) is 5.10 Å². The van der Waals surface area contributed by atoms with E-state index in [1.165, 1.54) is 11.3 Å². The number of hydrazone groups is 1. The Morgan fingerprint density at radius 3 is 2.48 bits per heavy atom. The van der Waals surface area contributed by atoms with Crippen molar-refractivity contribution >= 4 is 34.3 Å². The lowest BCUT2D eigenvalue weighted by atomic mass is 10.2. The van der Waals surface area contributed by atoms with Crippen LogP contribution in [0.25, 0.3) is 0 Å². The third kappa shape index (κ3) is 4.24. The molecule has 0 bridgehead atoms. The van der Waals surface area contributed by atoms with Crippen molar-refractivity contribution in [2.45, 2.75) is 0 Å². The van der Waals surface area contributed by atoms with Crippen molar-refractivity contribution in [3.05, 3.63) is 77.3 Å². The molecule has 3 aromatic rings. The molecule has 0 aliphatic carbocycles. The first-order chi connectivity index (χ1) is 11.3. The maximum Gasteiger partial charge on any atom is 0.290 e. The van der Waals surface area contributed by atoms with Gasteiger partial charge >= 0.3 is 0 Å². The summed E-state index contributed by atoms with van der Waals surface area (Å²) in [6.07, 6.45) is 1.59. The largest absolute Gasteiger partial charge is 0.332 e. The molecule has 1 aromatic heterocycles. The SMILES string of the molecule is O=C(N/N=C/c1ccccc1)c1csc(Nc2ccccc2)n1. The quantitative estimate of drug-likeness (QED) is 0.556. The summed E-state index contributed by atoms with van der Waals surface area (Å²) >= 11 is 1.37. The second kappa shape index (κ2) is 7.33. The van der Waals surface area contributed by atoms with Crippen molar-refractivity contribution in [1.29, 1.82) is 0 Å². The van der Waals surface area contributed by atoms with Crippen LogP contribution in [-0.4, -0.2) is 17.1 Å². The fourth-order valence-corrected chi connectivity index (χ4v) is 2.55. The highest BCUT2D eigenvalue weighted by Gasteiger charge is 2.09. The van der Waals surface area contributed by atoms with E-state index >= 15 is 0 Å². The molecule has 2 aromatic carbocycles. The second-order valence-corrected chi connectivity index (χ2v) is 5.50. The topological polar surface area (TPSA) is 66.4 Å². The number of para-hydroxylation sites is 1. The highest BCUT2D eigenvalue weighted by Crippen LogP contribution is 2.20. The summed E-state index contributed by atoms with van der Waals surface area (Å²) in [5, 5.41) is 9.43. The monoisotopic (exact) mass is 322 g/mol. The predicted molar refractivity (Wildman–Crippen MR) is 93.3 cm³/mol. The highest BCUT2D eigenvalue weighted by atomic mass is 32.1. The Morgan fingerprint density at radius 1 is 1.04 bits per heavy atom. The number of carbonyl (C=O) groups excluding carboxylic acids is 1. The molecular formula is C17H14N4OS. The number of hydrogen-bond acceptors (Lipinski definition) is 5. The van der Waals surface area contributed by atoms with Crippen LogP contribution in [0.2, 0.25) is 0 Å². The minimum atomic E-state index is -0.338. The number of aromatic nitrogens is 1. The molecule has 0 saturated carbocycles. The van der Waals surface area contributed by atoms with Crippen LogP contribution in [0.1, 0.15) is 16.1 Å². The van der Waals surface area contributed by atoms with Crippen molar-refractivity contribution in [1.82, 2.24) is 10.4 Å². The molecule has 6 heteroatoms. The highest BCUT2D eigenvalue weighted by molar-refractivity contribution is 7.14. The number of thiazole rings is 1. The van der Waals surface area contributed by atoms with Crippen molar-refractivity contribution in [3.8, 4) is 0 Å². The molecule has 0 spiro atoms. The number of benzene rings is 2. The van der Waals surface area contributed by atoms with Gasteiger partial charge in [0.2, 0.25) is 0 Å². The van der Waals surface area contributed by atoms with Crippen molar-refractivity contribution < 1.29 is 4.79 Å². The smallest absolute Gasteiger partial charge is 0.290 e. The van der Waals surface area contributed by atoms with Crippen molar-refractivity contribution in [3.63, 3.8) is 0 Å². The number of anilines is 2. The van der Waals surface area contributed by atoms with E-state index in [1.807, 2.05) is 60.7 Å². The summed E-state index contributed by atoms with van der Waals surface area (Å²) in [5.74, 6) is -0.338. The average Bonchev–Trinajstić information content (AvgIpc) is 3.05. The first-order valence-corrected chi connectivity index (χ1v) is 7.85. The van der Waals surface area contributed by atoms with E-state index in [9.17, 15) is 4.79 Å². The van der Waals surface area contributed by atoms with Gasteiger partial charge in [-0.05, 0) is 17.7 Å². The molecule has 0 radical (unpaired) electrons. The Hall–Kier alpha value is -2.99. The van der Waals surface area contributed by atoms with Crippen LogP contribution in [0.4, 0.5) is 10.8 Å². The standard InChI is InChI=1S/C17H14N4OS/c22-16(21-18-11-13-7-3-1-4-8-13)15-12-23-17(20-15)19-14-9-5-2-6-10-14/h1-12H,(H,19,20)(H,21,22)/b18-11+. The Kier molecular flexibility index (Phi) is 4.76. The number of hydrogen-bond donors (Lipinski definition) is 2. The molecule has 0 aliphatic rings. The molecular weight excluding hydrogens is 308 g/mol. The first kappa shape index (κ1) is 14.9. The van der Waals surface area contributed by atoms with E-state index in [0.29, 0.717) is 10.8 Å². The number of nitrogens with zero attached hydrogens (tertiary/aromatic N) is 2. The van der Waals surface area contributed by atoms with E-state index in [0.717, 1.165) is 11.3 Å². The van der Waals surface area contributed by atoms with E-state index in [-0.39, 0.29) is 5.91 Å². The normalized spacial score (nSPS) is 10.6. The second-order valence-electron chi connectivity index (χ2n) is 4.64. The van der Waals surface area contributed by atoms with Crippen LogP contribution < -0.4 is 10.7 Å². The molecule has 0 fully saturated rings. The molecule has 2 N–H and O–H groups in total. The Morgan fingerprint density at radius 2 is 1.74 bits per heavy atom. The number of rotatable bonds is 5. The van der Waals surface area contributed by atoms with Crippen molar-refractivity contribution in [2.24, 2.45) is 5.10 Å². The number of carbonyl (C=O) groups is 1. The molecule has 114 valence electrons. The predicted octanol–water partition coefficient (Wildman–Crippen LogP) is 3.65. The molecule has 0 atom stereocenters. The van der Waals surface area contributed by atoms with Gasteiger partial charge < -0.3 is 5.32 Å². The van der Waals surface area contributed by atoms with Crippen LogP contribution in [0.3, 0.4) is 0 Å². The zero-order valence-electron chi connectivity index (χ0n) is 12.1. The maximum atomic E-state index is 12.0. The fourth-order valence-electron chi connectivity index (χ4n) is 1.84. The Bertz CT molecular complexity index is 800. The maximum absolute atomic E-state index is 12.0. The lowest BCUT2D eigenvalue weighted by Gasteiger charge is -2.00. The van der Waals surface area contributed by atoms with Gasteiger partial charge in [0.1, 0.15) is 5.69 Å². The third-order valence-corrected chi connectivity index (χ3v) is 3.70. The minimum absolute atomic E-state index is 0.332. The molecule has 5 nitrogen and oxygen atoms in total. The van der Waals surface area contributed by atoms with Crippen LogP contribution in [0, 0.1) is 0 Å². The number of amides is 1. The first-order valence-electron chi connectivity index (χ1n) is 6.97. The molecule has 0 saturated heterocycles. The third-order valence-electron chi connectivity index (χ3n) is 2.94. The summed E-state index contributed by atoms with van der Waals surface area (Å²) in [7, 11) is 0. The Labute approximate surface area is 137 Å². The van der Waals surface area contributed by atoms with Gasteiger partial charge in [0.15, 0.2) is 5.13 Å². The molecule has 1 amide bonds. The molecule has 23 heavy (non-hydrogen) atoms. The van der Waals surface area contributed by atoms with Gasteiger partial charge in [-0.3, -0.25) is 4.79 Å². The van der Waals surface area contributed by atoms with Crippen molar-refractivity contribution in [2.75, 3.05) is 5.32 Å². The Balaban J connectivity index is 1.59. The minimum Gasteiger partial charge on any atom is -0.332 e. The summed E-state index contributed by atoms with van der Waals surface area (Å²) in [6, 6.07) is 19.2. The van der Waals surface area contributed by atoms with Crippen LogP contribution >= 0.6 is 11.3 Å².